The minimum atomic E-state index is -0.298. The maximum absolute atomic E-state index is 12.3. The van der Waals surface area contributed by atoms with E-state index in [9.17, 15) is 9.59 Å². The van der Waals surface area contributed by atoms with Crippen LogP contribution in [0.4, 0.5) is 0 Å². The summed E-state index contributed by atoms with van der Waals surface area (Å²) in [5.74, 6) is -0.260. The summed E-state index contributed by atoms with van der Waals surface area (Å²) in [4.78, 5) is 24.6. The average Bonchev–Trinajstić information content (AvgIpc) is 2.89. The van der Waals surface area contributed by atoms with Crippen molar-refractivity contribution < 1.29 is 4.79 Å². The van der Waals surface area contributed by atoms with Crippen molar-refractivity contribution in [3.8, 4) is 0 Å². The second-order valence-electron chi connectivity index (χ2n) is 4.76. The number of carbonyl (C=O) groups excluding carboxylic acids is 1. The minimum Gasteiger partial charge on any atom is -0.302 e. The minimum absolute atomic E-state index is 0.164. The smallest absolute Gasteiger partial charge is 0.278 e. The zero-order chi connectivity index (χ0) is 14.7. The quantitative estimate of drug-likeness (QED) is 0.745. The number of hydrogen-bond acceptors (Lipinski definition) is 2. The van der Waals surface area contributed by atoms with E-state index in [1.54, 1.807) is 24.3 Å². The van der Waals surface area contributed by atoms with Gasteiger partial charge in [-0.05, 0) is 5.56 Å². The number of aromatic nitrogens is 2. The molecule has 0 unspecified atom stereocenters. The van der Waals surface area contributed by atoms with E-state index in [4.69, 9.17) is 0 Å². The van der Waals surface area contributed by atoms with Crippen molar-refractivity contribution in [2.45, 2.75) is 6.54 Å². The second-order valence-corrected chi connectivity index (χ2v) is 4.76. The summed E-state index contributed by atoms with van der Waals surface area (Å²) in [5.41, 5.74) is 1.38. The lowest BCUT2D eigenvalue weighted by Gasteiger charge is -2.01. The van der Waals surface area contributed by atoms with Gasteiger partial charge in [-0.2, -0.15) is 0 Å². The van der Waals surface area contributed by atoms with Crippen LogP contribution in [0.25, 0.3) is 0 Å². The molecule has 0 spiro atoms. The summed E-state index contributed by atoms with van der Waals surface area (Å²) in [7, 11) is 0. The zero-order valence-corrected chi connectivity index (χ0v) is 11.3. The van der Waals surface area contributed by atoms with E-state index < -0.39 is 0 Å². The van der Waals surface area contributed by atoms with Crippen LogP contribution in [0.15, 0.2) is 71.7 Å². The Morgan fingerprint density at radius 2 is 1.57 bits per heavy atom. The molecule has 104 valence electrons. The van der Waals surface area contributed by atoms with Gasteiger partial charge in [0.25, 0.3) is 5.56 Å². The number of nitrogens with zero attached hydrogens (tertiary/aromatic N) is 1. The standard InChI is InChI=1S/C17H14N2O2/c20-16(14-9-5-2-6-10-14)15-11-18-19(17(15)21)12-13-7-3-1-4-8-13/h1-11,18H,12H2. The molecule has 0 fully saturated rings. The number of H-pyrrole nitrogens is 1. The third kappa shape index (κ3) is 2.69. The molecular formula is C17H14N2O2. The van der Waals surface area contributed by atoms with Crippen molar-refractivity contribution in [3.63, 3.8) is 0 Å². The highest BCUT2D eigenvalue weighted by Crippen LogP contribution is 2.06. The predicted octanol–water partition coefficient (Wildman–Crippen LogP) is 2.46. The largest absolute Gasteiger partial charge is 0.302 e. The Morgan fingerprint density at radius 3 is 2.24 bits per heavy atom. The van der Waals surface area contributed by atoms with E-state index in [0.717, 1.165) is 5.56 Å². The van der Waals surface area contributed by atoms with E-state index in [2.05, 4.69) is 5.10 Å². The number of aromatic amines is 1. The maximum atomic E-state index is 12.3. The third-order valence-electron chi connectivity index (χ3n) is 3.30. The van der Waals surface area contributed by atoms with Gasteiger partial charge in [0.15, 0.2) is 5.78 Å². The molecule has 1 aromatic heterocycles. The van der Waals surface area contributed by atoms with E-state index in [-0.39, 0.29) is 16.9 Å². The number of hydrogen-bond donors (Lipinski definition) is 1. The Bertz CT molecular complexity index is 802. The van der Waals surface area contributed by atoms with Crippen molar-refractivity contribution >= 4 is 5.78 Å². The van der Waals surface area contributed by atoms with Crippen LogP contribution in [-0.2, 0) is 6.54 Å². The van der Waals surface area contributed by atoms with E-state index in [1.807, 2.05) is 36.4 Å². The fraction of sp³-hybridized carbons (Fsp3) is 0.0588. The van der Waals surface area contributed by atoms with Gasteiger partial charge in [0, 0.05) is 11.8 Å². The lowest BCUT2D eigenvalue weighted by molar-refractivity contribution is 0.103. The molecule has 1 N–H and O–H groups in total. The van der Waals surface area contributed by atoms with Crippen LogP contribution in [-0.4, -0.2) is 15.6 Å². The maximum Gasteiger partial charge on any atom is 0.278 e. The van der Waals surface area contributed by atoms with Gasteiger partial charge < -0.3 is 5.10 Å². The van der Waals surface area contributed by atoms with Gasteiger partial charge in [-0.3, -0.25) is 9.59 Å². The predicted molar refractivity (Wildman–Crippen MR) is 80.5 cm³/mol. The molecule has 0 aliphatic carbocycles. The Balaban J connectivity index is 1.90. The highest BCUT2D eigenvalue weighted by molar-refractivity contribution is 6.08. The van der Waals surface area contributed by atoms with Crippen LogP contribution < -0.4 is 5.56 Å². The number of carbonyl (C=O) groups is 1. The summed E-state index contributed by atoms with van der Waals surface area (Å²) in [5, 5.41) is 2.86. The number of nitrogens with one attached hydrogen (secondary N) is 1. The first kappa shape index (κ1) is 13.1. The Morgan fingerprint density at radius 1 is 0.952 bits per heavy atom. The monoisotopic (exact) mass is 278 g/mol. The van der Waals surface area contributed by atoms with Gasteiger partial charge >= 0.3 is 0 Å². The van der Waals surface area contributed by atoms with Crippen LogP contribution in [0.5, 0.6) is 0 Å². The highest BCUT2D eigenvalue weighted by atomic mass is 16.2. The van der Waals surface area contributed by atoms with Crippen LogP contribution >= 0.6 is 0 Å². The van der Waals surface area contributed by atoms with E-state index in [1.165, 1.54) is 10.9 Å². The highest BCUT2D eigenvalue weighted by Gasteiger charge is 2.16. The molecule has 3 aromatic rings. The second kappa shape index (κ2) is 5.63. The molecule has 21 heavy (non-hydrogen) atoms. The Hall–Kier alpha value is -2.88. The molecule has 0 saturated heterocycles. The SMILES string of the molecule is O=C(c1ccccc1)c1c[nH]n(Cc2ccccc2)c1=O. The summed E-state index contributed by atoms with van der Waals surface area (Å²) in [6.45, 7) is 0.418. The number of benzene rings is 2. The van der Waals surface area contributed by atoms with Gasteiger partial charge in [-0.25, -0.2) is 4.68 Å². The van der Waals surface area contributed by atoms with Crippen LogP contribution in [0.1, 0.15) is 21.5 Å². The summed E-state index contributed by atoms with van der Waals surface area (Å²) in [6.07, 6.45) is 1.47. The zero-order valence-electron chi connectivity index (χ0n) is 11.3. The van der Waals surface area contributed by atoms with Gasteiger partial charge in [0.1, 0.15) is 5.56 Å². The molecule has 0 radical (unpaired) electrons. The molecule has 4 heteroatoms. The van der Waals surface area contributed by atoms with Crippen LogP contribution in [0.2, 0.25) is 0 Å². The summed E-state index contributed by atoms with van der Waals surface area (Å²) < 4.78 is 1.44. The van der Waals surface area contributed by atoms with Crippen molar-refractivity contribution in [1.29, 1.82) is 0 Å². The van der Waals surface area contributed by atoms with Gasteiger partial charge in [0.05, 0.1) is 6.54 Å². The Labute approximate surface area is 121 Å². The normalized spacial score (nSPS) is 10.5. The molecule has 1 heterocycles. The average molecular weight is 278 g/mol. The van der Waals surface area contributed by atoms with Crippen molar-refractivity contribution in [2.75, 3.05) is 0 Å². The molecule has 3 rings (SSSR count). The molecule has 0 saturated carbocycles. The third-order valence-corrected chi connectivity index (χ3v) is 3.30. The lowest BCUT2D eigenvalue weighted by atomic mass is 10.1. The molecule has 4 nitrogen and oxygen atoms in total. The number of ketones is 1. The van der Waals surface area contributed by atoms with E-state index >= 15 is 0 Å². The molecule has 0 aliphatic rings. The van der Waals surface area contributed by atoms with E-state index in [0.29, 0.717) is 12.1 Å². The number of rotatable bonds is 4. The van der Waals surface area contributed by atoms with Crippen LogP contribution in [0.3, 0.4) is 0 Å². The molecule has 2 aromatic carbocycles. The first-order chi connectivity index (χ1) is 10.3. The topological polar surface area (TPSA) is 54.9 Å². The summed E-state index contributed by atoms with van der Waals surface area (Å²) in [6, 6.07) is 18.4. The van der Waals surface area contributed by atoms with Crippen molar-refractivity contribution in [3.05, 3.63) is 93.9 Å². The first-order valence-electron chi connectivity index (χ1n) is 6.67. The summed E-state index contributed by atoms with van der Waals surface area (Å²) >= 11 is 0. The molecule has 0 aliphatic heterocycles. The van der Waals surface area contributed by atoms with Gasteiger partial charge in [-0.15, -0.1) is 0 Å². The lowest BCUT2D eigenvalue weighted by Crippen LogP contribution is -2.22. The van der Waals surface area contributed by atoms with Crippen LogP contribution in [0, 0.1) is 0 Å². The van der Waals surface area contributed by atoms with Crippen molar-refractivity contribution in [2.24, 2.45) is 0 Å². The molecular weight excluding hydrogens is 264 g/mol. The molecule has 0 bridgehead atoms. The molecule has 0 amide bonds. The fourth-order valence-electron chi connectivity index (χ4n) is 2.20. The first-order valence-corrected chi connectivity index (χ1v) is 6.67. The van der Waals surface area contributed by atoms with Gasteiger partial charge in [-0.1, -0.05) is 60.7 Å². The Kier molecular flexibility index (Phi) is 3.51. The van der Waals surface area contributed by atoms with Crippen molar-refractivity contribution in [1.82, 2.24) is 9.78 Å². The fourth-order valence-corrected chi connectivity index (χ4v) is 2.20. The molecule has 0 atom stereocenters. The van der Waals surface area contributed by atoms with Gasteiger partial charge in [0.2, 0.25) is 0 Å².